The summed E-state index contributed by atoms with van der Waals surface area (Å²) >= 11 is 5.96. The van der Waals surface area contributed by atoms with Crippen LogP contribution < -0.4 is 10.2 Å². The number of amides is 2. The zero-order chi connectivity index (χ0) is 17.1. The zero-order valence-corrected chi connectivity index (χ0v) is 14.8. The topological polar surface area (TPSA) is 35.6 Å². The molecule has 0 spiro atoms. The number of hydrogen-bond acceptors (Lipinski definition) is 2. The average Bonchev–Trinajstić information content (AvgIpc) is 2.58. The standard InChI is InChI=1S/C19H22ClN3O/c1-14-3-6-17(7-4-14)22-9-11-23(12-10-22)19(24)21-18-8-5-16(20)13-15(18)2/h3-8,13H,9-12H2,1-2H3,(H,21,24). The highest BCUT2D eigenvalue weighted by Gasteiger charge is 2.21. The average molecular weight is 344 g/mol. The molecule has 1 saturated heterocycles. The maximum atomic E-state index is 12.5. The van der Waals surface area contributed by atoms with E-state index >= 15 is 0 Å². The summed E-state index contributed by atoms with van der Waals surface area (Å²) in [5.41, 5.74) is 4.25. The number of piperazine rings is 1. The molecule has 2 aromatic rings. The Balaban J connectivity index is 1.58. The first kappa shape index (κ1) is 16.7. The first-order chi connectivity index (χ1) is 11.5. The normalized spacial score (nSPS) is 14.6. The van der Waals surface area contributed by atoms with Gasteiger partial charge in [0.2, 0.25) is 0 Å². The van der Waals surface area contributed by atoms with Gasteiger partial charge in [-0.25, -0.2) is 4.79 Å². The number of aryl methyl sites for hydroxylation is 2. The minimum Gasteiger partial charge on any atom is -0.368 e. The Morgan fingerprint density at radius 2 is 1.67 bits per heavy atom. The molecule has 0 atom stereocenters. The molecule has 3 rings (SSSR count). The maximum absolute atomic E-state index is 12.5. The molecule has 0 aliphatic carbocycles. The van der Waals surface area contributed by atoms with Crippen LogP contribution in [0.25, 0.3) is 0 Å². The first-order valence-electron chi connectivity index (χ1n) is 8.16. The SMILES string of the molecule is Cc1ccc(N2CCN(C(=O)Nc3ccc(Cl)cc3C)CC2)cc1. The molecule has 1 aliphatic rings. The largest absolute Gasteiger partial charge is 0.368 e. The number of anilines is 2. The van der Waals surface area contributed by atoms with Crippen LogP contribution in [0.3, 0.4) is 0 Å². The second kappa shape index (κ2) is 7.14. The van der Waals surface area contributed by atoms with Gasteiger partial charge in [0.1, 0.15) is 0 Å². The highest BCUT2D eigenvalue weighted by Crippen LogP contribution is 2.21. The number of nitrogens with one attached hydrogen (secondary N) is 1. The van der Waals surface area contributed by atoms with Crippen molar-refractivity contribution in [1.82, 2.24) is 4.90 Å². The predicted octanol–water partition coefficient (Wildman–Crippen LogP) is 4.31. The minimum atomic E-state index is -0.0519. The molecule has 2 aromatic carbocycles. The summed E-state index contributed by atoms with van der Waals surface area (Å²) in [6.07, 6.45) is 0. The molecule has 1 fully saturated rings. The Labute approximate surface area is 148 Å². The molecule has 4 nitrogen and oxygen atoms in total. The van der Waals surface area contributed by atoms with Crippen LogP contribution in [-0.2, 0) is 0 Å². The van der Waals surface area contributed by atoms with E-state index in [1.807, 2.05) is 24.0 Å². The van der Waals surface area contributed by atoms with Crippen molar-refractivity contribution in [2.75, 3.05) is 36.4 Å². The highest BCUT2D eigenvalue weighted by molar-refractivity contribution is 6.30. The van der Waals surface area contributed by atoms with Crippen molar-refractivity contribution in [2.45, 2.75) is 13.8 Å². The van der Waals surface area contributed by atoms with E-state index in [0.29, 0.717) is 18.1 Å². The zero-order valence-electron chi connectivity index (χ0n) is 14.1. The van der Waals surface area contributed by atoms with Gasteiger partial charge >= 0.3 is 6.03 Å². The van der Waals surface area contributed by atoms with E-state index < -0.39 is 0 Å². The minimum absolute atomic E-state index is 0.0519. The lowest BCUT2D eigenvalue weighted by atomic mass is 10.2. The van der Waals surface area contributed by atoms with Crippen molar-refractivity contribution < 1.29 is 4.79 Å². The molecule has 0 aromatic heterocycles. The van der Waals surface area contributed by atoms with E-state index in [-0.39, 0.29) is 6.03 Å². The second-order valence-electron chi connectivity index (χ2n) is 6.20. The fourth-order valence-electron chi connectivity index (χ4n) is 2.88. The summed E-state index contributed by atoms with van der Waals surface area (Å²) in [5.74, 6) is 0. The molecule has 2 amide bonds. The Morgan fingerprint density at radius 3 is 2.29 bits per heavy atom. The Bertz CT molecular complexity index is 722. The van der Waals surface area contributed by atoms with Crippen LogP contribution in [0.5, 0.6) is 0 Å². The van der Waals surface area contributed by atoms with Gasteiger partial charge in [-0.1, -0.05) is 29.3 Å². The van der Waals surface area contributed by atoms with Gasteiger partial charge in [-0.3, -0.25) is 0 Å². The van der Waals surface area contributed by atoms with Crippen molar-refractivity contribution >= 4 is 29.0 Å². The van der Waals surface area contributed by atoms with Crippen LogP contribution in [0.15, 0.2) is 42.5 Å². The van der Waals surface area contributed by atoms with E-state index in [4.69, 9.17) is 11.6 Å². The quantitative estimate of drug-likeness (QED) is 0.881. The predicted molar refractivity (Wildman–Crippen MR) is 100 cm³/mol. The Kier molecular flexibility index (Phi) is 4.95. The Hall–Kier alpha value is -2.20. The number of carbonyl (C=O) groups excluding carboxylic acids is 1. The van der Waals surface area contributed by atoms with Crippen LogP contribution in [-0.4, -0.2) is 37.1 Å². The van der Waals surface area contributed by atoms with Crippen LogP contribution in [0.1, 0.15) is 11.1 Å². The third-order valence-electron chi connectivity index (χ3n) is 4.40. The third kappa shape index (κ3) is 3.82. The lowest BCUT2D eigenvalue weighted by Crippen LogP contribution is -2.50. The molecule has 24 heavy (non-hydrogen) atoms. The van der Waals surface area contributed by atoms with Crippen molar-refractivity contribution in [3.8, 4) is 0 Å². The molecule has 1 aliphatic heterocycles. The van der Waals surface area contributed by atoms with Crippen molar-refractivity contribution in [1.29, 1.82) is 0 Å². The number of nitrogens with zero attached hydrogens (tertiary/aromatic N) is 2. The van der Waals surface area contributed by atoms with E-state index in [2.05, 4.69) is 41.4 Å². The summed E-state index contributed by atoms with van der Waals surface area (Å²) in [6, 6.07) is 14.0. The lowest BCUT2D eigenvalue weighted by molar-refractivity contribution is 0.208. The van der Waals surface area contributed by atoms with Gasteiger partial charge < -0.3 is 15.1 Å². The fourth-order valence-corrected chi connectivity index (χ4v) is 3.11. The van der Waals surface area contributed by atoms with Crippen LogP contribution in [0.4, 0.5) is 16.2 Å². The summed E-state index contributed by atoms with van der Waals surface area (Å²) < 4.78 is 0. The summed E-state index contributed by atoms with van der Waals surface area (Å²) in [6.45, 7) is 7.15. The molecule has 0 unspecified atom stereocenters. The maximum Gasteiger partial charge on any atom is 0.321 e. The Morgan fingerprint density at radius 1 is 1.00 bits per heavy atom. The van der Waals surface area contributed by atoms with E-state index in [0.717, 1.165) is 24.3 Å². The second-order valence-corrected chi connectivity index (χ2v) is 6.64. The van der Waals surface area contributed by atoms with Gasteiger partial charge in [-0.15, -0.1) is 0 Å². The lowest BCUT2D eigenvalue weighted by Gasteiger charge is -2.36. The molecule has 0 radical (unpaired) electrons. The van der Waals surface area contributed by atoms with E-state index in [9.17, 15) is 4.79 Å². The molecule has 5 heteroatoms. The van der Waals surface area contributed by atoms with E-state index in [1.54, 1.807) is 6.07 Å². The van der Waals surface area contributed by atoms with Crippen molar-refractivity contribution in [3.05, 3.63) is 58.6 Å². The van der Waals surface area contributed by atoms with E-state index in [1.165, 1.54) is 11.3 Å². The third-order valence-corrected chi connectivity index (χ3v) is 4.63. The number of carbonyl (C=O) groups is 1. The van der Waals surface area contributed by atoms with Gasteiger partial charge in [0.25, 0.3) is 0 Å². The number of hydrogen-bond donors (Lipinski definition) is 1. The number of benzene rings is 2. The molecule has 0 saturated carbocycles. The van der Waals surface area contributed by atoms with Crippen LogP contribution in [0, 0.1) is 13.8 Å². The van der Waals surface area contributed by atoms with Gasteiger partial charge in [0.15, 0.2) is 0 Å². The molecule has 0 bridgehead atoms. The van der Waals surface area contributed by atoms with Crippen molar-refractivity contribution in [3.63, 3.8) is 0 Å². The van der Waals surface area contributed by atoms with Crippen LogP contribution in [0.2, 0.25) is 5.02 Å². The van der Waals surface area contributed by atoms with Gasteiger partial charge in [0, 0.05) is 42.6 Å². The van der Waals surface area contributed by atoms with Gasteiger partial charge in [-0.2, -0.15) is 0 Å². The van der Waals surface area contributed by atoms with Crippen LogP contribution >= 0.6 is 11.6 Å². The number of urea groups is 1. The van der Waals surface area contributed by atoms with Gasteiger partial charge in [0.05, 0.1) is 0 Å². The highest BCUT2D eigenvalue weighted by atomic mass is 35.5. The molecule has 126 valence electrons. The summed E-state index contributed by atoms with van der Waals surface area (Å²) in [5, 5.41) is 3.66. The fraction of sp³-hybridized carbons (Fsp3) is 0.316. The smallest absolute Gasteiger partial charge is 0.321 e. The van der Waals surface area contributed by atoms with Gasteiger partial charge in [-0.05, 0) is 49.7 Å². The number of rotatable bonds is 2. The summed E-state index contributed by atoms with van der Waals surface area (Å²) in [4.78, 5) is 16.6. The molecular weight excluding hydrogens is 322 g/mol. The molecule has 1 heterocycles. The summed E-state index contributed by atoms with van der Waals surface area (Å²) in [7, 11) is 0. The number of halogens is 1. The molecular formula is C19H22ClN3O. The monoisotopic (exact) mass is 343 g/mol. The first-order valence-corrected chi connectivity index (χ1v) is 8.54. The van der Waals surface area contributed by atoms with Crippen molar-refractivity contribution in [2.24, 2.45) is 0 Å². The molecule has 1 N–H and O–H groups in total.